The SMILES string of the molecule is O=S(=O)(F)C(F)(C(F)(F)F)C(F)(F)C(F)(F)CC(F)(Cl)C(F)(F)Cl. The van der Waals surface area contributed by atoms with Gasteiger partial charge >= 0.3 is 38.6 Å². The van der Waals surface area contributed by atoms with Crippen molar-refractivity contribution in [1.82, 2.24) is 0 Å². The van der Waals surface area contributed by atoms with E-state index >= 15 is 0 Å². The van der Waals surface area contributed by atoms with Crippen LogP contribution in [-0.2, 0) is 10.2 Å². The Kier molecular flexibility index (Phi) is 5.78. The van der Waals surface area contributed by atoms with Crippen LogP contribution in [0.15, 0.2) is 0 Å². The highest BCUT2D eigenvalue weighted by Gasteiger charge is 2.87. The van der Waals surface area contributed by atoms with Gasteiger partial charge in [-0.15, -0.1) is 3.89 Å². The van der Waals surface area contributed by atoms with Crippen molar-refractivity contribution in [3.63, 3.8) is 0 Å². The van der Waals surface area contributed by atoms with Crippen LogP contribution in [0.25, 0.3) is 0 Å². The topological polar surface area (TPSA) is 34.1 Å². The highest BCUT2D eigenvalue weighted by atomic mass is 35.5. The monoisotopic (exact) mass is 448 g/mol. The van der Waals surface area contributed by atoms with Crippen molar-refractivity contribution >= 4 is 33.4 Å². The fourth-order valence-corrected chi connectivity index (χ4v) is 2.16. The largest absolute Gasteiger partial charge is 0.446 e. The number of hydrogen-bond acceptors (Lipinski definition) is 2. The van der Waals surface area contributed by atoms with Crippen LogP contribution in [-0.4, -0.2) is 41.9 Å². The fourth-order valence-electron chi connectivity index (χ4n) is 1.19. The normalized spacial score (nSPS) is 20.4. The molecule has 0 spiro atoms. The first-order valence-electron chi connectivity index (χ1n) is 4.86. The van der Waals surface area contributed by atoms with E-state index in [0.717, 1.165) is 0 Å². The van der Waals surface area contributed by atoms with Crippen LogP contribution in [0.4, 0.5) is 52.2 Å². The van der Waals surface area contributed by atoms with Gasteiger partial charge in [-0.3, -0.25) is 0 Å². The first kappa shape index (κ1) is 23.7. The summed E-state index contributed by atoms with van der Waals surface area (Å²) in [7, 11) is -8.16. The van der Waals surface area contributed by atoms with E-state index in [1.807, 2.05) is 0 Å². The summed E-state index contributed by atoms with van der Waals surface area (Å²) in [5.41, 5.74) is 0. The van der Waals surface area contributed by atoms with Crippen LogP contribution in [0.5, 0.6) is 0 Å². The van der Waals surface area contributed by atoms with Gasteiger partial charge in [-0.25, -0.2) is 8.78 Å². The molecule has 0 saturated carbocycles. The molecule has 0 N–H and O–H groups in total. The molecule has 0 aromatic heterocycles. The van der Waals surface area contributed by atoms with Crippen LogP contribution in [0.3, 0.4) is 0 Å². The van der Waals surface area contributed by atoms with E-state index < -0.39 is 50.2 Å². The summed E-state index contributed by atoms with van der Waals surface area (Å²) in [6, 6.07) is 0. The minimum Gasteiger partial charge on any atom is -0.218 e. The molecule has 2 atom stereocenters. The van der Waals surface area contributed by atoms with Crippen molar-refractivity contribution in [2.45, 2.75) is 40.0 Å². The van der Waals surface area contributed by atoms with Gasteiger partial charge in [0.05, 0.1) is 6.42 Å². The molecule has 17 heteroatoms. The van der Waals surface area contributed by atoms with E-state index in [9.17, 15) is 60.6 Å². The molecule has 146 valence electrons. The molecule has 0 aromatic carbocycles. The van der Waals surface area contributed by atoms with Gasteiger partial charge < -0.3 is 0 Å². The molecule has 0 amide bonds. The summed E-state index contributed by atoms with van der Waals surface area (Å²) in [5.74, 6) is -14.5. The molecule has 0 rings (SSSR count). The Morgan fingerprint density at radius 2 is 1.08 bits per heavy atom. The molecule has 0 saturated heterocycles. The van der Waals surface area contributed by atoms with E-state index in [0.29, 0.717) is 0 Å². The lowest BCUT2D eigenvalue weighted by Crippen LogP contribution is -2.67. The van der Waals surface area contributed by atoms with Gasteiger partial charge in [0.25, 0.3) is 5.13 Å². The Bertz CT molecular complexity index is 579. The van der Waals surface area contributed by atoms with Crippen LogP contribution in [0.2, 0.25) is 0 Å². The predicted octanol–water partition coefficient (Wildman–Crippen LogP) is 4.91. The van der Waals surface area contributed by atoms with E-state index in [2.05, 4.69) is 23.2 Å². The third-order valence-corrected chi connectivity index (χ3v) is 4.35. The number of halogens is 14. The van der Waals surface area contributed by atoms with Gasteiger partial charge in [-0.2, -0.15) is 47.9 Å². The van der Waals surface area contributed by atoms with Crippen molar-refractivity contribution in [2.75, 3.05) is 0 Å². The number of rotatable bonds is 6. The smallest absolute Gasteiger partial charge is 0.218 e. The standard InChI is InChI=1S/C7H2Cl2F12O2S/c8-2(10,6(9,16)17)1-3(11,12)4(13,14)5(15,7(18,19)20)24(21,22)23/h1H2. The Morgan fingerprint density at radius 1 is 0.750 bits per heavy atom. The molecule has 0 heterocycles. The molecule has 0 aliphatic carbocycles. The summed E-state index contributed by atoms with van der Waals surface area (Å²) in [4.78, 5) is 0. The Balaban J connectivity index is 6.38. The number of hydrogen-bond donors (Lipinski definition) is 0. The van der Waals surface area contributed by atoms with Gasteiger partial charge in [-0.1, -0.05) is 11.6 Å². The van der Waals surface area contributed by atoms with Crippen molar-refractivity contribution in [2.24, 2.45) is 0 Å². The number of alkyl halides is 13. The second-order valence-corrected chi connectivity index (χ2v) is 6.70. The quantitative estimate of drug-likeness (QED) is 0.328. The zero-order chi connectivity index (χ0) is 20.2. The third-order valence-electron chi connectivity index (χ3n) is 2.42. The van der Waals surface area contributed by atoms with Crippen molar-refractivity contribution in [3.8, 4) is 0 Å². The summed E-state index contributed by atoms with van der Waals surface area (Å²) < 4.78 is 173. The van der Waals surface area contributed by atoms with Gasteiger partial charge in [0.2, 0.25) is 0 Å². The molecule has 24 heavy (non-hydrogen) atoms. The highest BCUT2D eigenvalue weighted by Crippen LogP contribution is 2.59. The van der Waals surface area contributed by atoms with E-state index in [4.69, 9.17) is 0 Å². The molecule has 0 aliphatic heterocycles. The predicted molar refractivity (Wildman–Crippen MR) is 54.9 cm³/mol. The van der Waals surface area contributed by atoms with Crippen molar-refractivity contribution in [1.29, 1.82) is 0 Å². The maximum absolute atomic E-state index is 13.2. The first-order chi connectivity index (χ1) is 9.96. The zero-order valence-electron chi connectivity index (χ0n) is 10.2. The summed E-state index contributed by atoms with van der Waals surface area (Å²) in [6.07, 6.45) is -11.3. The lowest BCUT2D eigenvalue weighted by molar-refractivity contribution is -0.329. The molecule has 0 aliphatic rings. The van der Waals surface area contributed by atoms with Crippen molar-refractivity contribution in [3.05, 3.63) is 0 Å². The van der Waals surface area contributed by atoms with Gasteiger partial charge in [0, 0.05) is 0 Å². The molecule has 0 fully saturated rings. The summed E-state index contributed by atoms with van der Waals surface area (Å²) in [6.45, 7) is 0. The second kappa shape index (κ2) is 5.86. The highest BCUT2D eigenvalue weighted by molar-refractivity contribution is 7.87. The van der Waals surface area contributed by atoms with Gasteiger partial charge in [0.15, 0.2) is 0 Å². The molecular formula is C7H2Cl2F12O2S. The fraction of sp³-hybridized carbons (Fsp3) is 1.00. The van der Waals surface area contributed by atoms with Crippen molar-refractivity contribution < 1.29 is 60.6 Å². The molecular weight excluding hydrogens is 447 g/mol. The molecule has 0 aromatic rings. The third kappa shape index (κ3) is 3.61. The molecule has 2 nitrogen and oxygen atoms in total. The minimum absolute atomic E-state index is 3.80. The maximum Gasteiger partial charge on any atom is 0.446 e. The average molecular weight is 449 g/mol. The molecule has 0 bridgehead atoms. The Hall–Kier alpha value is -0.310. The van der Waals surface area contributed by atoms with Gasteiger partial charge in [0.1, 0.15) is 0 Å². The summed E-state index contributed by atoms with van der Waals surface area (Å²) in [5, 5.41) is -18.6. The van der Waals surface area contributed by atoms with E-state index in [1.54, 1.807) is 0 Å². The second-order valence-electron chi connectivity index (χ2n) is 4.19. The maximum atomic E-state index is 13.2. The van der Waals surface area contributed by atoms with Crippen LogP contribution in [0.1, 0.15) is 6.42 Å². The average Bonchev–Trinajstić information content (AvgIpc) is 2.20. The van der Waals surface area contributed by atoms with Crippen LogP contribution < -0.4 is 0 Å². The molecule has 2 unspecified atom stereocenters. The minimum atomic E-state index is -8.16. The van der Waals surface area contributed by atoms with E-state index in [-0.39, 0.29) is 0 Å². The van der Waals surface area contributed by atoms with Crippen LogP contribution in [0, 0.1) is 0 Å². The lowest BCUT2D eigenvalue weighted by atomic mass is 9.99. The first-order valence-corrected chi connectivity index (χ1v) is 7.00. The lowest BCUT2D eigenvalue weighted by Gasteiger charge is -2.37. The van der Waals surface area contributed by atoms with E-state index in [1.165, 1.54) is 0 Å². The Morgan fingerprint density at radius 3 is 1.29 bits per heavy atom. The summed E-state index contributed by atoms with van der Waals surface area (Å²) >= 11 is 7.92. The van der Waals surface area contributed by atoms with Gasteiger partial charge in [-0.05, 0) is 11.6 Å². The Labute approximate surface area is 134 Å². The molecule has 0 radical (unpaired) electrons. The zero-order valence-corrected chi connectivity index (χ0v) is 12.6. The van der Waals surface area contributed by atoms with Crippen LogP contribution >= 0.6 is 23.2 Å².